The lowest BCUT2D eigenvalue weighted by molar-refractivity contribution is 0.474. The molecule has 65 valence electrons. The molecule has 1 atom stereocenters. The van der Waals surface area contributed by atoms with Gasteiger partial charge in [-0.05, 0) is 30.0 Å². The minimum atomic E-state index is 0.303. The highest BCUT2D eigenvalue weighted by molar-refractivity contribution is 5.26. The average molecular weight is 164 g/mol. The molecule has 0 aliphatic heterocycles. The number of aromatic hydroxyl groups is 1. The van der Waals surface area contributed by atoms with Gasteiger partial charge in [-0.2, -0.15) is 0 Å². The molecule has 0 aliphatic rings. The van der Waals surface area contributed by atoms with Crippen molar-refractivity contribution >= 4 is 0 Å². The van der Waals surface area contributed by atoms with Crippen LogP contribution in [0.2, 0.25) is 0 Å². The van der Waals surface area contributed by atoms with Gasteiger partial charge < -0.3 is 5.11 Å². The van der Waals surface area contributed by atoms with Crippen LogP contribution < -0.4 is 5.73 Å². The molecule has 0 aromatic heterocycles. The third-order valence-corrected chi connectivity index (χ3v) is 1.87. The van der Waals surface area contributed by atoms with Gasteiger partial charge in [-0.15, -0.1) is 0 Å². The van der Waals surface area contributed by atoms with Crippen LogP contribution in [0.1, 0.15) is 12.5 Å². The highest BCUT2D eigenvalue weighted by Gasteiger charge is 2.00. The third-order valence-electron chi connectivity index (χ3n) is 1.87. The maximum absolute atomic E-state index is 9.01. The zero-order chi connectivity index (χ0) is 8.97. The van der Waals surface area contributed by atoms with Crippen molar-refractivity contribution in [1.82, 2.24) is 5.73 Å². The Morgan fingerprint density at radius 2 is 1.92 bits per heavy atom. The Morgan fingerprint density at radius 1 is 1.33 bits per heavy atom. The van der Waals surface area contributed by atoms with Gasteiger partial charge in [0.15, 0.2) is 0 Å². The summed E-state index contributed by atoms with van der Waals surface area (Å²) in [5.41, 5.74) is 8.34. The second-order valence-electron chi connectivity index (χ2n) is 3.18. The van der Waals surface area contributed by atoms with Gasteiger partial charge in [-0.1, -0.05) is 19.1 Å². The Balaban J connectivity index is 2.58. The summed E-state index contributed by atoms with van der Waals surface area (Å²) in [7, 11) is 0. The Kier molecular flexibility index (Phi) is 3.11. The van der Waals surface area contributed by atoms with Crippen molar-refractivity contribution in [2.75, 3.05) is 6.54 Å². The van der Waals surface area contributed by atoms with Gasteiger partial charge in [0.1, 0.15) is 5.75 Å². The number of rotatable bonds is 3. The normalized spacial score (nSPS) is 12.8. The Bertz CT molecular complexity index is 230. The molecule has 0 saturated heterocycles. The third kappa shape index (κ3) is 2.55. The van der Waals surface area contributed by atoms with Crippen LogP contribution in [-0.2, 0) is 6.42 Å². The predicted octanol–water partition coefficient (Wildman–Crippen LogP) is 1.85. The molecule has 1 aromatic carbocycles. The van der Waals surface area contributed by atoms with E-state index in [1.165, 1.54) is 5.56 Å². The molecule has 1 aromatic rings. The molecule has 1 rings (SSSR count). The second kappa shape index (κ2) is 4.12. The monoisotopic (exact) mass is 164 g/mol. The van der Waals surface area contributed by atoms with Crippen LogP contribution in [0.5, 0.6) is 5.75 Å². The van der Waals surface area contributed by atoms with E-state index in [9.17, 15) is 0 Å². The van der Waals surface area contributed by atoms with Crippen LogP contribution in [0, 0.1) is 5.92 Å². The van der Waals surface area contributed by atoms with Crippen molar-refractivity contribution in [1.29, 1.82) is 0 Å². The topological polar surface area (TPSA) is 44.0 Å². The smallest absolute Gasteiger partial charge is 0.115 e. The lowest BCUT2D eigenvalue weighted by Gasteiger charge is -2.06. The summed E-state index contributed by atoms with van der Waals surface area (Å²) in [6.07, 6.45) is 0.920. The fourth-order valence-electron chi connectivity index (χ4n) is 1.11. The molecule has 12 heavy (non-hydrogen) atoms. The van der Waals surface area contributed by atoms with Gasteiger partial charge in [0.05, 0.1) is 0 Å². The maximum atomic E-state index is 9.01. The van der Waals surface area contributed by atoms with Crippen LogP contribution in [-0.4, -0.2) is 11.7 Å². The fraction of sp³-hybridized carbons (Fsp3) is 0.400. The van der Waals surface area contributed by atoms with Gasteiger partial charge in [-0.25, -0.2) is 0 Å². The minimum absolute atomic E-state index is 0.303. The summed E-state index contributed by atoms with van der Waals surface area (Å²) in [6, 6.07) is 7.18. The first-order valence-corrected chi connectivity index (χ1v) is 4.15. The number of phenols is 1. The van der Waals surface area contributed by atoms with Crippen LogP contribution in [0.25, 0.3) is 0 Å². The van der Waals surface area contributed by atoms with Crippen LogP contribution in [0.3, 0.4) is 0 Å². The Morgan fingerprint density at radius 3 is 2.42 bits per heavy atom. The van der Waals surface area contributed by atoms with E-state index in [4.69, 9.17) is 10.8 Å². The van der Waals surface area contributed by atoms with Crippen molar-refractivity contribution < 1.29 is 5.11 Å². The molecule has 0 spiro atoms. The molecule has 0 fully saturated rings. The van der Waals surface area contributed by atoms with Gasteiger partial charge in [-0.3, -0.25) is 5.73 Å². The van der Waals surface area contributed by atoms with E-state index >= 15 is 0 Å². The summed E-state index contributed by atoms with van der Waals surface area (Å²) >= 11 is 0. The zero-order valence-electron chi connectivity index (χ0n) is 7.25. The molecular weight excluding hydrogens is 150 g/mol. The molecule has 0 saturated carbocycles. The van der Waals surface area contributed by atoms with Crippen molar-refractivity contribution in [3.8, 4) is 5.75 Å². The SMILES string of the molecule is CC(C[NH])Cc1ccc(O)cc1. The maximum Gasteiger partial charge on any atom is 0.115 e. The fourth-order valence-corrected chi connectivity index (χ4v) is 1.11. The molecular formula is C10H14NO. The number of hydrogen-bond donors (Lipinski definition) is 1. The van der Waals surface area contributed by atoms with Gasteiger partial charge >= 0.3 is 0 Å². The zero-order valence-corrected chi connectivity index (χ0v) is 7.25. The highest BCUT2D eigenvalue weighted by Crippen LogP contribution is 2.12. The Labute approximate surface area is 73.0 Å². The number of nitrogens with one attached hydrogen (secondary N) is 1. The van der Waals surface area contributed by atoms with Crippen molar-refractivity contribution in [3.05, 3.63) is 29.8 Å². The molecule has 1 unspecified atom stereocenters. The minimum Gasteiger partial charge on any atom is -0.508 e. The largest absolute Gasteiger partial charge is 0.508 e. The van der Waals surface area contributed by atoms with Crippen LogP contribution in [0.15, 0.2) is 24.3 Å². The first-order valence-electron chi connectivity index (χ1n) is 4.15. The summed E-state index contributed by atoms with van der Waals surface area (Å²) < 4.78 is 0. The first kappa shape index (κ1) is 9.07. The molecule has 0 amide bonds. The van der Waals surface area contributed by atoms with E-state index in [1.807, 2.05) is 12.1 Å². The van der Waals surface area contributed by atoms with E-state index in [2.05, 4.69) is 6.92 Å². The second-order valence-corrected chi connectivity index (χ2v) is 3.18. The highest BCUT2D eigenvalue weighted by atomic mass is 16.3. The molecule has 0 aliphatic carbocycles. The standard InChI is InChI=1S/C10H14NO/c1-8(7-11)6-9-2-4-10(12)5-3-9/h2-5,8,11-12H,6-7H2,1H3. The van der Waals surface area contributed by atoms with Crippen molar-refractivity contribution in [3.63, 3.8) is 0 Å². The summed E-state index contributed by atoms with van der Waals surface area (Å²) in [5, 5.41) is 9.01. The number of benzene rings is 1. The molecule has 0 heterocycles. The molecule has 2 nitrogen and oxygen atoms in total. The molecule has 2 N–H and O–H groups in total. The van der Waals surface area contributed by atoms with E-state index < -0.39 is 0 Å². The van der Waals surface area contributed by atoms with E-state index in [-0.39, 0.29) is 0 Å². The van der Waals surface area contributed by atoms with Crippen molar-refractivity contribution in [2.24, 2.45) is 5.92 Å². The molecule has 1 radical (unpaired) electrons. The molecule has 0 bridgehead atoms. The number of hydrogen-bond acceptors (Lipinski definition) is 1. The average Bonchev–Trinajstić information content (AvgIpc) is 2.09. The molecule has 2 heteroatoms. The lowest BCUT2D eigenvalue weighted by Crippen LogP contribution is -2.05. The van der Waals surface area contributed by atoms with E-state index in [1.54, 1.807) is 12.1 Å². The van der Waals surface area contributed by atoms with Gasteiger partial charge in [0.2, 0.25) is 0 Å². The Hall–Kier alpha value is -1.02. The van der Waals surface area contributed by atoms with Gasteiger partial charge in [0, 0.05) is 6.54 Å². The lowest BCUT2D eigenvalue weighted by atomic mass is 10.0. The van der Waals surface area contributed by atoms with Gasteiger partial charge in [0.25, 0.3) is 0 Å². The summed E-state index contributed by atoms with van der Waals surface area (Å²) in [6.45, 7) is 2.51. The summed E-state index contributed by atoms with van der Waals surface area (Å²) in [5.74, 6) is 0.701. The first-order chi connectivity index (χ1) is 5.72. The van der Waals surface area contributed by atoms with Crippen LogP contribution >= 0.6 is 0 Å². The van der Waals surface area contributed by atoms with E-state index in [0.717, 1.165) is 6.42 Å². The summed E-state index contributed by atoms with van der Waals surface area (Å²) in [4.78, 5) is 0. The van der Waals surface area contributed by atoms with E-state index in [0.29, 0.717) is 18.2 Å². The number of phenolic OH excluding ortho intramolecular Hbond substituents is 1. The predicted molar refractivity (Wildman–Crippen MR) is 48.9 cm³/mol. The van der Waals surface area contributed by atoms with Crippen LogP contribution in [0.4, 0.5) is 0 Å². The van der Waals surface area contributed by atoms with Crippen molar-refractivity contribution in [2.45, 2.75) is 13.3 Å². The quantitative estimate of drug-likeness (QED) is 0.728.